The summed E-state index contributed by atoms with van der Waals surface area (Å²) in [5.41, 5.74) is 0. The van der Waals surface area contributed by atoms with Crippen LogP contribution in [0.2, 0.25) is 5.02 Å². The van der Waals surface area contributed by atoms with Crippen LogP contribution < -0.4 is 0 Å². The average molecular weight is 290 g/mol. The van der Waals surface area contributed by atoms with Gasteiger partial charge in [0.25, 0.3) is 0 Å². The Morgan fingerprint density at radius 3 is 2.61 bits per heavy atom. The van der Waals surface area contributed by atoms with Crippen LogP contribution >= 0.6 is 11.6 Å². The third kappa shape index (κ3) is 3.03. The van der Waals surface area contributed by atoms with Gasteiger partial charge in [-0.05, 0) is 37.1 Å². The van der Waals surface area contributed by atoms with Gasteiger partial charge in [-0.25, -0.2) is 8.42 Å². The standard InChI is InChI=1S/C12H16ClNO3S/c1-14(9-11-3-2-8-17-11)18(15,16)12-6-4-10(13)5-7-12/h4-7,11H,2-3,8-9H2,1H3. The Hall–Kier alpha value is -0.620. The van der Waals surface area contributed by atoms with Crippen molar-refractivity contribution in [1.29, 1.82) is 0 Å². The highest BCUT2D eigenvalue weighted by atomic mass is 35.5. The molecular formula is C12H16ClNO3S. The van der Waals surface area contributed by atoms with E-state index in [1.807, 2.05) is 0 Å². The largest absolute Gasteiger partial charge is 0.377 e. The lowest BCUT2D eigenvalue weighted by atomic mass is 10.2. The summed E-state index contributed by atoms with van der Waals surface area (Å²) in [6.07, 6.45) is 1.93. The van der Waals surface area contributed by atoms with Crippen LogP contribution in [0.1, 0.15) is 12.8 Å². The van der Waals surface area contributed by atoms with Gasteiger partial charge in [-0.2, -0.15) is 4.31 Å². The van der Waals surface area contributed by atoms with E-state index in [1.54, 1.807) is 19.2 Å². The summed E-state index contributed by atoms with van der Waals surface area (Å²) in [4.78, 5) is 0.257. The number of ether oxygens (including phenoxy) is 1. The fourth-order valence-electron chi connectivity index (χ4n) is 1.96. The fourth-order valence-corrected chi connectivity index (χ4v) is 3.29. The van der Waals surface area contributed by atoms with Gasteiger partial charge in [0.2, 0.25) is 10.0 Å². The zero-order chi connectivity index (χ0) is 13.2. The highest BCUT2D eigenvalue weighted by Gasteiger charge is 2.25. The number of halogens is 1. The fraction of sp³-hybridized carbons (Fsp3) is 0.500. The van der Waals surface area contributed by atoms with Gasteiger partial charge in [-0.3, -0.25) is 0 Å². The number of rotatable bonds is 4. The lowest BCUT2D eigenvalue weighted by Crippen LogP contribution is -2.34. The number of benzene rings is 1. The van der Waals surface area contributed by atoms with Crippen LogP contribution in [0.25, 0.3) is 0 Å². The van der Waals surface area contributed by atoms with Gasteiger partial charge in [0.05, 0.1) is 11.0 Å². The van der Waals surface area contributed by atoms with Crippen molar-refractivity contribution >= 4 is 21.6 Å². The molecule has 1 aromatic carbocycles. The van der Waals surface area contributed by atoms with Crippen LogP contribution in [0.5, 0.6) is 0 Å². The van der Waals surface area contributed by atoms with E-state index in [-0.39, 0.29) is 11.0 Å². The zero-order valence-electron chi connectivity index (χ0n) is 10.2. The molecule has 0 N–H and O–H groups in total. The second-order valence-corrected chi connectivity index (χ2v) is 6.86. The van der Waals surface area contributed by atoms with Gasteiger partial charge in [-0.1, -0.05) is 11.6 Å². The van der Waals surface area contributed by atoms with E-state index in [1.165, 1.54) is 16.4 Å². The third-order valence-electron chi connectivity index (χ3n) is 3.01. The first kappa shape index (κ1) is 13.8. The number of nitrogens with zero attached hydrogens (tertiary/aromatic N) is 1. The minimum absolute atomic E-state index is 0.0112. The summed E-state index contributed by atoms with van der Waals surface area (Å²) < 4.78 is 31.3. The molecule has 0 aliphatic carbocycles. The molecule has 100 valence electrons. The number of sulfonamides is 1. The molecule has 2 rings (SSSR count). The molecule has 0 aromatic heterocycles. The van der Waals surface area contributed by atoms with E-state index in [9.17, 15) is 8.42 Å². The molecule has 0 spiro atoms. The molecule has 1 aliphatic rings. The maximum atomic E-state index is 12.3. The molecule has 1 heterocycles. The van der Waals surface area contributed by atoms with Gasteiger partial charge in [0.15, 0.2) is 0 Å². The Bertz CT molecular complexity index is 495. The minimum atomic E-state index is -3.45. The molecule has 1 saturated heterocycles. The number of hydrogen-bond acceptors (Lipinski definition) is 3. The monoisotopic (exact) mass is 289 g/mol. The topological polar surface area (TPSA) is 46.6 Å². The predicted octanol–water partition coefficient (Wildman–Crippen LogP) is 2.14. The van der Waals surface area contributed by atoms with Crippen molar-refractivity contribution in [2.45, 2.75) is 23.8 Å². The van der Waals surface area contributed by atoms with Crippen LogP contribution in [0.15, 0.2) is 29.2 Å². The molecule has 6 heteroatoms. The van der Waals surface area contributed by atoms with Gasteiger partial charge in [0.1, 0.15) is 0 Å². The van der Waals surface area contributed by atoms with E-state index in [0.717, 1.165) is 19.4 Å². The Balaban J connectivity index is 2.11. The lowest BCUT2D eigenvalue weighted by Gasteiger charge is -2.20. The number of likely N-dealkylation sites (N-methyl/N-ethyl adjacent to an activating group) is 1. The smallest absolute Gasteiger partial charge is 0.242 e. The Kier molecular flexibility index (Phi) is 4.27. The third-order valence-corrected chi connectivity index (χ3v) is 5.10. The lowest BCUT2D eigenvalue weighted by molar-refractivity contribution is 0.0979. The van der Waals surface area contributed by atoms with Crippen LogP contribution in [0.4, 0.5) is 0 Å². The summed E-state index contributed by atoms with van der Waals surface area (Å²) in [7, 11) is -1.87. The first-order valence-corrected chi connectivity index (χ1v) is 7.65. The van der Waals surface area contributed by atoms with Crippen LogP contribution in [0, 0.1) is 0 Å². The second kappa shape index (κ2) is 5.57. The zero-order valence-corrected chi connectivity index (χ0v) is 11.7. The Morgan fingerprint density at radius 1 is 1.39 bits per heavy atom. The molecule has 0 bridgehead atoms. The summed E-state index contributed by atoms with van der Waals surface area (Å²) in [5.74, 6) is 0. The van der Waals surface area contributed by atoms with Crippen LogP contribution in [-0.4, -0.2) is 39.0 Å². The van der Waals surface area contributed by atoms with Crippen molar-refractivity contribution in [2.24, 2.45) is 0 Å². The highest BCUT2D eigenvalue weighted by Crippen LogP contribution is 2.20. The van der Waals surface area contributed by atoms with Crippen molar-refractivity contribution in [3.05, 3.63) is 29.3 Å². The van der Waals surface area contributed by atoms with Crippen molar-refractivity contribution in [3.8, 4) is 0 Å². The molecular weight excluding hydrogens is 274 g/mol. The number of hydrogen-bond donors (Lipinski definition) is 0. The molecule has 1 fully saturated rings. The summed E-state index contributed by atoms with van der Waals surface area (Å²) in [6, 6.07) is 6.19. The summed E-state index contributed by atoms with van der Waals surface area (Å²) >= 11 is 5.75. The van der Waals surface area contributed by atoms with Crippen LogP contribution in [0.3, 0.4) is 0 Å². The maximum Gasteiger partial charge on any atom is 0.242 e. The molecule has 0 saturated carbocycles. The molecule has 4 nitrogen and oxygen atoms in total. The molecule has 0 amide bonds. The van der Waals surface area contributed by atoms with Gasteiger partial charge in [-0.15, -0.1) is 0 Å². The van der Waals surface area contributed by atoms with Crippen LogP contribution in [-0.2, 0) is 14.8 Å². The average Bonchev–Trinajstić information content (AvgIpc) is 2.82. The molecule has 1 atom stereocenters. The second-order valence-electron chi connectivity index (χ2n) is 4.37. The van der Waals surface area contributed by atoms with Crippen molar-refractivity contribution in [2.75, 3.05) is 20.2 Å². The van der Waals surface area contributed by atoms with Gasteiger partial charge >= 0.3 is 0 Å². The molecule has 1 unspecified atom stereocenters. The van der Waals surface area contributed by atoms with Crippen molar-refractivity contribution in [1.82, 2.24) is 4.31 Å². The highest BCUT2D eigenvalue weighted by molar-refractivity contribution is 7.89. The minimum Gasteiger partial charge on any atom is -0.377 e. The van der Waals surface area contributed by atoms with Gasteiger partial charge < -0.3 is 4.74 Å². The summed E-state index contributed by atoms with van der Waals surface area (Å²) in [6.45, 7) is 1.12. The SMILES string of the molecule is CN(CC1CCCO1)S(=O)(=O)c1ccc(Cl)cc1. The quantitative estimate of drug-likeness (QED) is 0.853. The van der Waals surface area contributed by atoms with E-state index in [4.69, 9.17) is 16.3 Å². The molecule has 1 aromatic rings. The van der Waals surface area contributed by atoms with E-state index in [2.05, 4.69) is 0 Å². The predicted molar refractivity (Wildman–Crippen MR) is 70.2 cm³/mol. The Labute approximate surface area is 113 Å². The van der Waals surface area contributed by atoms with Crippen molar-refractivity contribution in [3.63, 3.8) is 0 Å². The van der Waals surface area contributed by atoms with E-state index in [0.29, 0.717) is 11.6 Å². The maximum absolute atomic E-state index is 12.3. The molecule has 1 aliphatic heterocycles. The molecule has 0 radical (unpaired) electrons. The van der Waals surface area contributed by atoms with E-state index >= 15 is 0 Å². The molecule has 18 heavy (non-hydrogen) atoms. The van der Waals surface area contributed by atoms with Gasteiger partial charge in [0, 0.05) is 25.2 Å². The van der Waals surface area contributed by atoms with E-state index < -0.39 is 10.0 Å². The normalized spacial score (nSPS) is 20.5. The first-order valence-electron chi connectivity index (χ1n) is 5.83. The van der Waals surface area contributed by atoms with Crippen molar-refractivity contribution < 1.29 is 13.2 Å². The Morgan fingerprint density at radius 2 is 2.06 bits per heavy atom. The summed E-state index contributed by atoms with van der Waals surface area (Å²) in [5, 5.41) is 0.524. The first-order chi connectivity index (χ1) is 8.50.